The van der Waals surface area contributed by atoms with Crippen LogP contribution in [0.15, 0.2) is 0 Å². The van der Waals surface area contributed by atoms with Crippen LogP contribution in [0.3, 0.4) is 0 Å². The molecule has 3 nitrogen and oxygen atoms in total. The van der Waals surface area contributed by atoms with E-state index in [1.54, 1.807) is 0 Å². The fraction of sp³-hybridized carbons (Fsp3) is 0.667. The number of aromatic amines is 1. The van der Waals surface area contributed by atoms with Crippen LogP contribution in [0.1, 0.15) is 43.0 Å². The number of aryl methyl sites for hydroxylation is 2. The smallest absolute Gasteiger partial charge is 0.106 e. The van der Waals surface area contributed by atoms with E-state index in [-0.39, 0.29) is 6.04 Å². The highest BCUT2D eigenvalue weighted by molar-refractivity contribution is 5.21. The van der Waals surface area contributed by atoms with Crippen molar-refractivity contribution in [3.63, 3.8) is 0 Å². The van der Waals surface area contributed by atoms with Gasteiger partial charge in [-0.25, -0.2) is 4.98 Å². The second-order valence-electron chi connectivity index (χ2n) is 3.40. The van der Waals surface area contributed by atoms with Crippen molar-refractivity contribution in [3.8, 4) is 0 Å². The molecule has 0 radical (unpaired) electrons. The second kappa shape index (κ2) is 2.90. The Balaban J connectivity index is 2.37. The van der Waals surface area contributed by atoms with E-state index in [1.807, 2.05) is 0 Å². The molecule has 12 heavy (non-hydrogen) atoms. The van der Waals surface area contributed by atoms with Crippen molar-refractivity contribution in [2.75, 3.05) is 0 Å². The van der Waals surface area contributed by atoms with E-state index < -0.39 is 0 Å². The zero-order chi connectivity index (χ0) is 8.55. The number of nitrogens with zero attached hydrogens (tertiary/aromatic N) is 1. The molecule has 0 fully saturated rings. The number of rotatable bonds is 1. The molecule has 0 saturated heterocycles. The van der Waals surface area contributed by atoms with Crippen LogP contribution in [-0.4, -0.2) is 9.97 Å². The summed E-state index contributed by atoms with van der Waals surface area (Å²) in [6.45, 7) is 2.11. The van der Waals surface area contributed by atoms with Crippen LogP contribution in [0.25, 0.3) is 0 Å². The summed E-state index contributed by atoms with van der Waals surface area (Å²) in [7, 11) is 0. The average molecular weight is 165 g/mol. The van der Waals surface area contributed by atoms with Gasteiger partial charge in [0.05, 0.1) is 5.69 Å². The number of aromatic nitrogens is 2. The maximum absolute atomic E-state index is 5.93. The molecule has 1 unspecified atom stereocenters. The Morgan fingerprint density at radius 2 is 2.50 bits per heavy atom. The molecule has 1 aromatic rings. The Morgan fingerprint density at radius 3 is 3.17 bits per heavy atom. The first-order chi connectivity index (χ1) is 5.81. The van der Waals surface area contributed by atoms with E-state index in [9.17, 15) is 0 Å². The number of fused-ring (bicyclic) bond motifs is 1. The van der Waals surface area contributed by atoms with Crippen LogP contribution < -0.4 is 5.73 Å². The lowest BCUT2D eigenvalue weighted by Gasteiger charge is -2.15. The van der Waals surface area contributed by atoms with Crippen LogP contribution in [0, 0.1) is 0 Å². The highest BCUT2D eigenvalue weighted by atomic mass is 15.0. The first-order valence-corrected chi connectivity index (χ1v) is 4.64. The number of nitrogens with two attached hydrogens (primary N) is 1. The molecule has 3 heteroatoms. The minimum atomic E-state index is 0.172. The first kappa shape index (κ1) is 7.80. The Kier molecular flexibility index (Phi) is 1.89. The van der Waals surface area contributed by atoms with E-state index in [0.717, 1.165) is 30.8 Å². The van der Waals surface area contributed by atoms with Gasteiger partial charge in [-0.15, -0.1) is 0 Å². The van der Waals surface area contributed by atoms with Crippen molar-refractivity contribution in [2.45, 2.75) is 38.6 Å². The van der Waals surface area contributed by atoms with E-state index in [0.29, 0.717) is 0 Å². The van der Waals surface area contributed by atoms with E-state index in [2.05, 4.69) is 16.9 Å². The number of nitrogens with one attached hydrogen (secondary N) is 1. The number of hydrogen-bond acceptors (Lipinski definition) is 2. The van der Waals surface area contributed by atoms with Gasteiger partial charge in [-0.3, -0.25) is 0 Å². The molecular formula is C9H15N3. The summed E-state index contributed by atoms with van der Waals surface area (Å²) < 4.78 is 0. The molecular weight excluding hydrogens is 150 g/mol. The molecule has 1 aliphatic carbocycles. The van der Waals surface area contributed by atoms with Crippen molar-refractivity contribution < 1.29 is 0 Å². The Hall–Kier alpha value is -0.830. The summed E-state index contributed by atoms with van der Waals surface area (Å²) in [5.41, 5.74) is 8.31. The van der Waals surface area contributed by atoms with Crippen molar-refractivity contribution in [2.24, 2.45) is 5.73 Å². The fourth-order valence-corrected chi connectivity index (χ4v) is 1.78. The van der Waals surface area contributed by atoms with Gasteiger partial charge < -0.3 is 10.7 Å². The summed E-state index contributed by atoms with van der Waals surface area (Å²) in [6.07, 6.45) is 4.37. The summed E-state index contributed by atoms with van der Waals surface area (Å²) in [5, 5.41) is 0. The highest BCUT2D eigenvalue weighted by Gasteiger charge is 2.20. The third-order valence-electron chi connectivity index (χ3n) is 2.49. The van der Waals surface area contributed by atoms with Crippen LogP contribution in [0.5, 0.6) is 0 Å². The predicted molar refractivity (Wildman–Crippen MR) is 47.8 cm³/mol. The molecule has 1 aromatic heterocycles. The topological polar surface area (TPSA) is 54.7 Å². The lowest BCUT2D eigenvalue weighted by atomic mass is 9.97. The molecule has 1 heterocycles. The molecule has 0 saturated carbocycles. The molecule has 1 aliphatic rings. The summed E-state index contributed by atoms with van der Waals surface area (Å²) in [5.74, 6) is 1.08. The van der Waals surface area contributed by atoms with Crippen LogP contribution in [-0.2, 0) is 12.8 Å². The molecule has 66 valence electrons. The molecule has 1 atom stereocenters. The summed E-state index contributed by atoms with van der Waals surface area (Å²) >= 11 is 0. The number of imidazole rings is 1. The lowest BCUT2D eigenvalue weighted by Crippen LogP contribution is -2.17. The minimum Gasteiger partial charge on any atom is -0.346 e. The molecule has 0 amide bonds. The molecule has 2 rings (SSSR count). The minimum absolute atomic E-state index is 0.172. The van der Waals surface area contributed by atoms with Crippen molar-refractivity contribution in [3.05, 3.63) is 17.2 Å². The van der Waals surface area contributed by atoms with Gasteiger partial charge in [0.1, 0.15) is 5.82 Å². The molecule has 3 N–H and O–H groups in total. The van der Waals surface area contributed by atoms with Gasteiger partial charge in [-0.2, -0.15) is 0 Å². The van der Waals surface area contributed by atoms with Crippen molar-refractivity contribution in [1.82, 2.24) is 9.97 Å². The quantitative estimate of drug-likeness (QED) is 0.659. The van der Waals surface area contributed by atoms with Gasteiger partial charge in [-0.05, 0) is 19.3 Å². The molecule has 0 aliphatic heterocycles. The monoisotopic (exact) mass is 165 g/mol. The second-order valence-corrected chi connectivity index (χ2v) is 3.40. The van der Waals surface area contributed by atoms with Crippen LogP contribution >= 0.6 is 0 Å². The maximum Gasteiger partial charge on any atom is 0.106 e. The van der Waals surface area contributed by atoms with E-state index >= 15 is 0 Å². The maximum atomic E-state index is 5.93. The normalized spacial score (nSPS) is 22.3. The Morgan fingerprint density at radius 1 is 1.67 bits per heavy atom. The third kappa shape index (κ3) is 1.14. The molecule has 0 aromatic carbocycles. The SMILES string of the molecule is CCc1nc2c([nH]1)CCCC2N. The zero-order valence-corrected chi connectivity index (χ0v) is 7.43. The number of hydrogen-bond donors (Lipinski definition) is 2. The van der Waals surface area contributed by atoms with Gasteiger partial charge in [0.2, 0.25) is 0 Å². The zero-order valence-electron chi connectivity index (χ0n) is 7.43. The molecule has 0 bridgehead atoms. The lowest BCUT2D eigenvalue weighted by molar-refractivity contribution is 0.555. The van der Waals surface area contributed by atoms with Gasteiger partial charge in [0.25, 0.3) is 0 Å². The first-order valence-electron chi connectivity index (χ1n) is 4.64. The molecule has 0 spiro atoms. The van der Waals surface area contributed by atoms with Crippen LogP contribution in [0.2, 0.25) is 0 Å². The van der Waals surface area contributed by atoms with Gasteiger partial charge in [0, 0.05) is 18.2 Å². The van der Waals surface area contributed by atoms with Gasteiger partial charge >= 0.3 is 0 Å². The summed E-state index contributed by atoms with van der Waals surface area (Å²) in [6, 6.07) is 0.172. The third-order valence-corrected chi connectivity index (χ3v) is 2.49. The summed E-state index contributed by atoms with van der Waals surface area (Å²) in [4.78, 5) is 7.79. The predicted octanol–water partition coefficient (Wildman–Crippen LogP) is 1.31. The van der Waals surface area contributed by atoms with Crippen molar-refractivity contribution >= 4 is 0 Å². The Bertz CT molecular complexity index is 277. The van der Waals surface area contributed by atoms with Gasteiger partial charge in [0.15, 0.2) is 0 Å². The van der Waals surface area contributed by atoms with E-state index in [4.69, 9.17) is 5.73 Å². The van der Waals surface area contributed by atoms with Crippen molar-refractivity contribution in [1.29, 1.82) is 0 Å². The average Bonchev–Trinajstić information content (AvgIpc) is 2.49. The Labute approximate surface area is 72.4 Å². The van der Waals surface area contributed by atoms with Gasteiger partial charge in [-0.1, -0.05) is 6.92 Å². The standard InChI is InChI=1S/C9H15N3/c1-2-8-11-7-5-3-4-6(10)9(7)12-8/h6H,2-5,10H2,1H3,(H,11,12). The van der Waals surface area contributed by atoms with E-state index in [1.165, 1.54) is 12.1 Å². The number of H-pyrrole nitrogens is 1. The largest absolute Gasteiger partial charge is 0.346 e. The fourth-order valence-electron chi connectivity index (χ4n) is 1.78. The highest BCUT2D eigenvalue weighted by Crippen LogP contribution is 2.25. The van der Waals surface area contributed by atoms with Crippen LogP contribution in [0.4, 0.5) is 0 Å².